The van der Waals surface area contributed by atoms with Crippen LogP contribution in [0.1, 0.15) is 11.1 Å². The van der Waals surface area contributed by atoms with Gasteiger partial charge >= 0.3 is 0 Å². The highest BCUT2D eigenvalue weighted by atomic mass is 16.7. The Balaban J connectivity index is 1.93. The maximum atomic E-state index is 10.5. The van der Waals surface area contributed by atoms with Gasteiger partial charge in [0, 0.05) is 6.61 Å². The molecule has 2 aromatic rings. The van der Waals surface area contributed by atoms with Gasteiger partial charge in [-0.05, 0) is 60.1 Å². The van der Waals surface area contributed by atoms with Crippen LogP contribution < -0.4 is 18.9 Å². The Bertz CT molecular complexity index is 1070. The number of phenolic OH excluding ortho intramolecular Hbond substituents is 2. The summed E-state index contributed by atoms with van der Waals surface area (Å²) in [7, 11) is 5.62. The summed E-state index contributed by atoms with van der Waals surface area (Å²) in [5.41, 5.74) is 1.37. The summed E-state index contributed by atoms with van der Waals surface area (Å²) in [5.74, 6) is -0.513. The molecule has 13 nitrogen and oxygen atoms in total. The summed E-state index contributed by atoms with van der Waals surface area (Å²) in [5, 5.41) is 71.4. The summed E-state index contributed by atoms with van der Waals surface area (Å²) in [6, 6.07) is 6.50. The molecule has 2 unspecified atom stereocenters. The average molecular weight is 585 g/mol. The van der Waals surface area contributed by atoms with E-state index in [2.05, 4.69) is 0 Å². The van der Waals surface area contributed by atoms with Gasteiger partial charge in [-0.2, -0.15) is 0 Å². The van der Waals surface area contributed by atoms with E-state index in [0.717, 1.165) is 0 Å². The molecule has 230 valence electrons. The van der Waals surface area contributed by atoms with Crippen molar-refractivity contribution in [3.8, 4) is 34.5 Å². The highest BCUT2D eigenvalue weighted by Crippen LogP contribution is 2.40. The second kappa shape index (κ2) is 14.7. The average Bonchev–Trinajstić information content (AvgIpc) is 2.98. The standard InChI is InChI=1S/C28H40O13/c1-36-18-7-14(8-19(37-2)23(18)31)5-16(11-29)17(6-15-9-20(38-3)24(32)21(10-15)39-4)13-40-28-27(35)26(34)25(33)22(12-30)41-28/h7-10,16-17,22,25-35H,5-6,11-13H2,1-4H3/t16?,17?,22-,25-,26+,27-,28-/m1/s1. The third kappa shape index (κ3) is 7.43. The van der Waals surface area contributed by atoms with Crippen LogP contribution in [-0.2, 0) is 22.3 Å². The van der Waals surface area contributed by atoms with Crippen LogP contribution in [0.3, 0.4) is 0 Å². The largest absolute Gasteiger partial charge is 0.502 e. The zero-order valence-corrected chi connectivity index (χ0v) is 23.5. The Morgan fingerprint density at radius 3 is 1.51 bits per heavy atom. The first-order valence-corrected chi connectivity index (χ1v) is 13.0. The second-order valence-electron chi connectivity index (χ2n) is 9.84. The first-order valence-electron chi connectivity index (χ1n) is 13.0. The first kappa shape index (κ1) is 32.5. The highest BCUT2D eigenvalue weighted by molar-refractivity contribution is 5.53. The van der Waals surface area contributed by atoms with Crippen LogP contribution in [-0.4, -0.2) is 115 Å². The van der Waals surface area contributed by atoms with Crippen molar-refractivity contribution < 1.29 is 64.2 Å². The van der Waals surface area contributed by atoms with Crippen LogP contribution in [0.25, 0.3) is 0 Å². The molecule has 1 fully saturated rings. The third-order valence-electron chi connectivity index (χ3n) is 7.30. The van der Waals surface area contributed by atoms with Gasteiger partial charge < -0.3 is 64.2 Å². The monoisotopic (exact) mass is 584 g/mol. The molecular formula is C28H40O13. The van der Waals surface area contributed by atoms with Crippen molar-refractivity contribution in [1.29, 1.82) is 0 Å². The Hall–Kier alpha value is -3.04. The summed E-state index contributed by atoms with van der Waals surface area (Å²) in [4.78, 5) is 0. The van der Waals surface area contributed by atoms with Gasteiger partial charge in [0.1, 0.15) is 24.4 Å². The van der Waals surface area contributed by atoms with Gasteiger partial charge in [0.25, 0.3) is 0 Å². The van der Waals surface area contributed by atoms with Gasteiger partial charge in [0.15, 0.2) is 29.3 Å². The maximum absolute atomic E-state index is 10.5. The summed E-state index contributed by atoms with van der Waals surface area (Å²) >= 11 is 0. The number of benzene rings is 2. The predicted octanol–water partition coefficient (Wildman–Crippen LogP) is -0.0414. The summed E-state index contributed by atoms with van der Waals surface area (Å²) in [6.07, 6.45) is -6.69. The number of hydrogen-bond donors (Lipinski definition) is 7. The van der Waals surface area contributed by atoms with Crippen LogP contribution >= 0.6 is 0 Å². The molecule has 13 heteroatoms. The lowest BCUT2D eigenvalue weighted by molar-refractivity contribution is -0.304. The van der Waals surface area contributed by atoms with Crippen LogP contribution in [0.15, 0.2) is 24.3 Å². The molecule has 2 aromatic carbocycles. The Morgan fingerprint density at radius 1 is 0.683 bits per heavy atom. The minimum Gasteiger partial charge on any atom is -0.502 e. The van der Waals surface area contributed by atoms with Crippen LogP contribution in [0.2, 0.25) is 0 Å². The molecule has 0 bridgehead atoms. The van der Waals surface area contributed by atoms with E-state index in [4.69, 9.17) is 28.4 Å². The van der Waals surface area contributed by atoms with E-state index in [1.165, 1.54) is 28.4 Å². The highest BCUT2D eigenvalue weighted by Gasteiger charge is 2.44. The molecule has 41 heavy (non-hydrogen) atoms. The van der Waals surface area contributed by atoms with E-state index in [1.807, 2.05) is 0 Å². The lowest BCUT2D eigenvalue weighted by atomic mass is 9.83. The Morgan fingerprint density at radius 2 is 1.12 bits per heavy atom. The van der Waals surface area contributed by atoms with Gasteiger partial charge in [-0.15, -0.1) is 0 Å². The van der Waals surface area contributed by atoms with Crippen molar-refractivity contribution in [2.75, 3.05) is 48.3 Å². The Kier molecular flexibility index (Phi) is 11.7. The molecule has 0 aliphatic carbocycles. The molecule has 0 radical (unpaired) electrons. The smallest absolute Gasteiger partial charge is 0.200 e. The zero-order valence-electron chi connectivity index (χ0n) is 23.5. The van der Waals surface area contributed by atoms with Gasteiger partial charge in [0.2, 0.25) is 11.5 Å². The molecule has 0 aromatic heterocycles. The quantitative estimate of drug-likeness (QED) is 0.156. The van der Waals surface area contributed by atoms with Crippen molar-refractivity contribution in [1.82, 2.24) is 0 Å². The van der Waals surface area contributed by atoms with E-state index in [9.17, 15) is 35.7 Å². The molecule has 3 rings (SSSR count). The molecule has 7 N–H and O–H groups in total. The number of hydrogen-bond acceptors (Lipinski definition) is 13. The number of aromatic hydroxyl groups is 2. The molecule has 1 aliphatic rings. The van der Waals surface area contributed by atoms with E-state index in [0.29, 0.717) is 17.5 Å². The normalized spacial score (nSPS) is 24.0. The van der Waals surface area contributed by atoms with Crippen molar-refractivity contribution in [2.24, 2.45) is 11.8 Å². The minimum absolute atomic E-state index is 0.0915. The van der Waals surface area contributed by atoms with Crippen molar-refractivity contribution in [3.63, 3.8) is 0 Å². The van der Waals surface area contributed by atoms with E-state index in [1.54, 1.807) is 24.3 Å². The number of rotatable bonds is 14. The number of ether oxygens (including phenoxy) is 6. The molecule has 1 aliphatic heterocycles. The molecule has 7 atom stereocenters. The van der Waals surface area contributed by atoms with Gasteiger partial charge in [-0.3, -0.25) is 0 Å². The molecule has 0 saturated carbocycles. The Labute approximate surface area is 238 Å². The minimum atomic E-state index is -1.61. The van der Waals surface area contributed by atoms with Crippen molar-refractivity contribution in [3.05, 3.63) is 35.4 Å². The zero-order chi connectivity index (χ0) is 30.3. The lowest BCUT2D eigenvalue weighted by Crippen LogP contribution is -2.59. The second-order valence-corrected chi connectivity index (χ2v) is 9.84. The topological polar surface area (TPSA) is 197 Å². The number of aliphatic hydroxyl groups excluding tert-OH is 5. The van der Waals surface area contributed by atoms with Crippen LogP contribution in [0.5, 0.6) is 34.5 Å². The lowest BCUT2D eigenvalue weighted by Gasteiger charge is -2.40. The first-order chi connectivity index (χ1) is 19.6. The molecule has 0 amide bonds. The third-order valence-corrected chi connectivity index (χ3v) is 7.30. The van der Waals surface area contributed by atoms with E-state index < -0.39 is 49.1 Å². The predicted molar refractivity (Wildman–Crippen MR) is 144 cm³/mol. The number of phenols is 2. The fraction of sp³-hybridized carbons (Fsp3) is 0.571. The van der Waals surface area contributed by atoms with Gasteiger partial charge in [-0.1, -0.05) is 0 Å². The van der Waals surface area contributed by atoms with Crippen molar-refractivity contribution in [2.45, 2.75) is 43.5 Å². The SMILES string of the molecule is COc1cc(CC(CO)C(CO[C@@H]2O[C@H](CO)[C@@H](O)[C@H](O)[C@H]2O)Cc2cc(OC)c(O)c(OC)c2)cc(OC)c1O. The van der Waals surface area contributed by atoms with Crippen LogP contribution in [0, 0.1) is 11.8 Å². The molecule has 1 heterocycles. The molecular weight excluding hydrogens is 544 g/mol. The fourth-order valence-corrected chi connectivity index (χ4v) is 4.90. The fourth-order valence-electron chi connectivity index (χ4n) is 4.90. The number of aliphatic hydroxyl groups is 5. The van der Waals surface area contributed by atoms with Gasteiger partial charge in [-0.25, -0.2) is 0 Å². The van der Waals surface area contributed by atoms with Gasteiger partial charge in [0.05, 0.1) is 41.7 Å². The van der Waals surface area contributed by atoms with Crippen molar-refractivity contribution >= 4 is 0 Å². The van der Waals surface area contributed by atoms with Crippen LogP contribution in [0.4, 0.5) is 0 Å². The summed E-state index contributed by atoms with van der Waals surface area (Å²) in [6.45, 7) is -0.989. The summed E-state index contributed by atoms with van der Waals surface area (Å²) < 4.78 is 32.5. The van der Waals surface area contributed by atoms with E-state index in [-0.39, 0.29) is 54.1 Å². The maximum Gasteiger partial charge on any atom is 0.200 e. The number of methoxy groups -OCH3 is 4. The van der Waals surface area contributed by atoms with E-state index >= 15 is 0 Å². The molecule has 0 spiro atoms. The molecule has 1 saturated heterocycles.